The number of hydrogen-bond donors (Lipinski definition) is 1. The quantitative estimate of drug-likeness (QED) is 0.907. The number of carbonyl (C=O) groups excluding carboxylic acids is 2. The number of likely N-dealkylation sites (tertiary alicyclic amines) is 1. The average molecular weight is 345 g/mol. The van der Waals surface area contributed by atoms with Crippen LogP contribution in [-0.4, -0.2) is 36.6 Å². The maximum atomic E-state index is 12.3. The van der Waals surface area contributed by atoms with Crippen molar-refractivity contribution in [1.82, 2.24) is 4.90 Å². The zero-order valence-electron chi connectivity index (χ0n) is 12.3. The molecule has 0 bridgehead atoms. The van der Waals surface area contributed by atoms with Crippen molar-refractivity contribution in [2.24, 2.45) is 5.92 Å². The third-order valence-electron chi connectivity index (χ3n) is 3.60. The molecule has 1 aliphatic heterocycles. The minimum absolute atomic E-state index is 0.104. The first kappa shape index (κ1) is 16.9. The van der Waals surface area contributed by atoms with Crippen molar-refractivity contribution in [3.05, 3.63) is 28.2 Å². The van der Waals surface area contributed by atoms with Gasteiger partial charge in [-0.05, 0) is 31.9 Å². The first-order chi connectivity index (χ1) is 10.5. The number of amides is 2. The molecule has 5 nitrogen and oxygen atoms in total. The smallest absolute Gasteiger partial charge is 0.409 e. The summed E-state index contributed by atoms with van der Waals surface area (Å²) in [6, 6.07) is 5.10. The Labute approximate surface area is 139 Å². The van der Waals surface area contributed by atoms with Crippen LogP contribution in [0.4, 0.5) is 10.5 Å². The van der Waals surface area contributed by atoms with Crippen LogP contribution in [0.5, 0.6) is 0 Å². The third kappa shape index (κ3) is 4.05. The molecule has 1 heterocycles. The van der Waals surface area contributed by atoms with Crippen LogP contribution in [0, 0.1) is 5.92 Å². The van der Waals surface area contributed by atoms with E-state index in [2.05, 4.69) is 5.32 Å². The topological polar surface area (TPSA) is 58.6 Å². The molecule has 1 aliphatic rings. The fourth-order valence-corrected chi connectivity index (χ4v) is 2.72. The van der Waals surface area contributed by atoms with E-state index in [1.807, 2.05) is 0 Å². The van der Waals surface area contributed by atoms with E-state index in [1.165, 1.54) is 0 Å². The maximum Gasteiger partial charge on any atom is 0.409 e. The Balaban J connectivity index is 1.90. The van der Waals surface area contributed by atoms with E-state index < -0.39 is 0 Å². The monoisotopic (exact) mass is 344 g/mol. The number of halogens is 2. The van der Waals surface area contributed by atoms with Crippen LogP contribution < -0.4 is 5.32 Å². The fourth-order valence-electron chi connectivity index (χ4n) is 2.37. The zero-order valence-corrected chi connectivity index (χ0v) is 13.8. The van der Waals surface area contributed by atoms with Gasteiger partial charge in [-0.2, -0.15) is 0 Å². The predicted molar refractivity (Wildman–Crippen MR) is 86.4 cm³/mol. The highest BCUT2D eigenvalue weighted by Gasteiger charge is 2.28. The van der Waals surface area contributed by atoms with E-state index in [4.69, 9.17) is 27.9 Å². The van der Waals surface area contributed by atoms with Gasteiger partial charge in [0.05, 0.1) is 22.3 Å². The molecule has 0 aliphatic carbocycles. The van der Waals surface area contributed by atoms with Gasteiger partial charge in [-0.1, -0.05) is 29.3 Å². The summed E-state index contributed by atoms with van der Waals surface area (Å²) in [7, 11) is 0. The normalized spacial score (nSPS) is 15.5. The van der Waals surface area contributed by atoms with Gasteiger partial charge in [0, 0.05) is 19.0 Å². The Hall–Kier alpha value is -1.46. The number of piperidine rings is 1. The van der Waals surface area contributed by atoms with Gasteiger partial charge in [-0.15, -0.1) is 0 Å². The van der Waals surface area contributed by atoms with Crippen molar-refractivity contribution in [2.45, 2.75) is 19.8 Å². The Kier molecular flexibility index (Phi) is 5.91. The molecule has 1 fully saturated rings. The average Bonchev–Trinajstić information content (AvgIpc) is 2.52. The Morgan fingerprint density at radius 1 is 1.32 bits per heavy atom. The molecule has 1 aromatic carbocycles. The van der Waals surface area contributed by atoms with E-state index in [0.717, 1.165) is 0 Å². The molecule has 0 radical (unpaired) electrons. The van der Waals surface area contributed by atoms with Crippen LogP contribution in [0.1, 0.15) is 19.8 Å². The molecule has 0 saturated carbocycles. The summed E-state index contributed by atoms with van der Waals surface area (Å²) in [5.41, 5.74) is 0.506. The van der Waals surface area contributed by atoms with Crippen molar-refractivity contribution in [3.63, 3.8) is 0 Å². The highest BCUT2D eigenvalue weighted by molar-refractivity contribution is 6.44. The lowest BCUT2D eigenvalue weighted by atomic mass is 9.96. The van der Waals surface area contributed by atoms with Crippen molar-refractivity contribution in [2.75, 3.05) is 25.0 Å². The molecule has 22 heavy (non-hydrogen) atoms. The zero-order chi connectivity index (χ0) is 16.1. The van der Waals surface area contributed by atoms with Gasteiger partial charge in [-0.3, -0.25) is 4.79 Å². The maximum absolute atomic E-state index is 12.3. The highest BCUT2D eigenvalue weighted by Crippen LogP contribution is 2.30. The number of anilines is 1. The summed E-state index contributed by atoms with van der Waals surface area (Å²) >= 11 is 12.0. The van der Waals surface area contributed by atoms with Crippen LogP contribution in [0.15, 0.2) is 18.2 Å². The van der Waals surface area contributed by atoms with Gasteiger partial charge in [0.1, 0.15) is 0 Å². The minimum atomic E-state index is -0.320. The van der Waals surface area contributed by atoms with Gasteiger partial charge in [-0.25, -0.2) is 4.79 Å². The summed E-state index contributed by atoms with van der Waals surface area (Å²) in [4.78, 5) is 25.5. The molecule has 1 aromatic rings. The van der Waals surface area contributed by atoms with Gasteiger partial charge >= 0.3 is 6.09 Å². The number of hydrogen-bond acceptors (Lipinski definition) is 3. The van der Waals surface area contributed by atoms with Gasteiger partial charge in [0.25, 0.3) is 0 Å². The van der Waals surface area contributed by atoms with E-state index in [0.29, 0.717) is 48.3 Å². The predicted octanol–water partition coefficient (Wildman–Crippen LogP) is 3.80. The van der Waals surface area contributed by atoms with Crippen molar-refractivity contribution < 1.29 is 14.3 Å². The molecule has 7 heteroatoms. The number of rotatable bonds is 3. The second kappa shape index (κ2) is 7.70. The first-order valence-corrected chi connectivity index (χ1v) is 7.95. The Morgan fingerprint density at radius 2 is 2.00 bits per heavy atom. The van der Waals surface area contributed by atoms with Crippen molar-refractivity contribution in [1.29, 1.82) is 0 Å². The van der Waals surface area contributed by atoms with Crippen LogP contribution >= 0.6 is 23.2 Å². The van der Waals surface area contributed by atoms with Crippen LogP contribution in [0.25, 0.3) is 0 Å². The molecule has 1 N–H and O–H groups in total. The van der Waals surface area contributed by atoms with E-state index >= 15 is 0 Å². The van der Waals surface area contributed by atoms with Crippen LogP contribution in [0.2, 0.25) is 10.0 Å². The van der Waals surface area contributed by atoms with E-state index in [9.17, 15) is 9.59 Å². The molecule has 0 unspecified atom stereocenters. The van der Waals surface area contributed by atoms with E-state index in [-0.39, 0.29) is 17.9 Å². The lowest BCUT2D eigenvalue weighted by molar-refractivity contribution is -0.121. The molecular formula is C15H18Cl2N2O3. The lowest BCUT2D eigenvalue weighted by Crippen LogP contribution is -2.41. The largest absolute Gasteiger partial charge is 0.450 e. The molecular weight excluding hydrogens is 327 g/mol. The van der Waals surface area contributed by atoms with Gasteiger partial charge < -0.3 is 15.0 Å². The summed E-state index contributed by atoms with van der Waals surface area (Å²) in [6.07, 6.45) is 0.880. The van der Waals surface area contributed by atoms with Crippen molar-refractivity contribution in [3.8, 4) is 0 Å². The second-order valence-corrected chi connectivity index (χ2v) is 5.84. The number of carbonyl (C=O) groups is 2. The molecule has 120 valence electrons. The number of nitrogens with one attached hydrogen (secondary N) is 1. The van der Waals surface area contributed by atoms with Gasteiger partial charge in [0.2, 0.25) is 5.91 Å². The van der Waals surface area contributed by atoms with Crippen molar-refractivity contribution >= 4 is 40.9 Å². The Morgan fingerprint density at radius 3 is 2.64 bits per heavy atom. The minimum Gasteiger partial charge on any atom is -0.450 e. The van der Waals surface area contributed by atoms with Crippen LogP contribution in [-0.2, 0) is 9.53 Å². The second-order valence-electron chi connectivity index (χ2n) is 5.05. The molecule has 1 saturated heterocycles. The number of benzene rings is 1. The first-order valence-electron chi connectivity index (χ1n) is 7.19. The summed E-state index contributed by atoms with van der Waals surface area (Å²) in [5, 5.41) is 3.53. The SMILES string of the molecule is CCOC(=O)N1CCC(C(=O)Nc2cccc(Cl)c2Cl)CC1. The van der Waals surface area contributed by atoms with Crippen LogP contribution in [0.3, 0.4) is 0 Å². The third-order valence-corrected chi connectivity index (χ3v) is 4.42. The van der Waals surface area contributed by atoms with E-state index in [1.54, 1.807) is 30.0 Å². The summed E-state index contributed by atoms with van der Waals surface area (Å²) < 4.78 is 4.96. The standard InChI is InChI=1S/C15H18Cl2N2O3/c1-2-22-15(21)19-8-6-10(7-9-19)14(20)18-12-5-3-4-11(16)13(12)17/h3-5,10H,2,6-9H2,1H3,(H,18,20). The summed E-state index contributed by atoms with van der Waals surface area (Å²) in [6.45, 7) is 3.15. The molecule has 2 amide bonds. The molecule has 0 aromatic heterocycles. The number of ether oxygens (including phenoxy) is 1. The number of nitrogens with zero attached hydrogens (tertiary/aromatic N) is 1. The molecule has 0 spiro atoms. The highest BCUT2D eigenvalue weighted by atomic mass is 35.5. The Bertz CT molecular complexity index is 558. The van der Waals surface area contributed by atoms with Gasteiger partial charge in [0.15, 0.2) is 0 Å². The summed E-state index contributed by atoms with van der Waals surface area (Å²) in [5.74, 6) is -0.256. The lowest BCUT2D eigenvalue weighted by Gasteiger charge is -2.30. The fraction of sp³-hybridized carbons (Fsp3) is 0.467. The molecule has 0 atom stereocenters. The molecule has 2 rings (SSSR count).